The van der Waals surface area contributed by atoms with Crippen molar-refractivity contribution in [1.29, 1.82) is 0 Å². The van der Waals surface area contributed by atoms with Gasteiger partial charge in [-0.05, 0) is 19.9 Å². The lowest BCUT2D eigenvalue weighted by Gasteiger charge is -2.25. The Morgan fingerprint density at radius 3 is 2.87 bits per heavy atom. The normalized spacial score (nSPS) is 11.2. The van der Waals surface area contributed by atoms with Crippen LogP contribution in [0.3, 0.4) is 0 Å². The van der Waals surface area contributed by atoms with Crippen LogP contribution < -0.4 is 16.6 Å². The number of anilines is 2. The zero-order chi connectivity index (χ0) is 11.3. The van der Waals surface area contributed by atoms with Gasteiger partial charge in [0, 0.05) is 13.3 Å². The molecule has 4 N–H and O–H groups in total. The lowest BCUT2D eigenvalue weighted by atomic mass is 10.1. The van der Waals surface area contributed by atoms with Crippen LogP contribution in [0.5, 0.6) is 0 Å². The van der Waals surface area contributed by atoms with Crippen LogP contribution in [0.15, 0.2) is 12.3 Å². The highest BCUT2D eigenvalue weighted by atomic mass is 16.5. The predicted octanol–water partition coefficient (Wildman–Crippen LogP) is 0.599. The van der Waals surface area contributed by atoms with Crippen molar-refractivity contribution in [3.63, 3.8) is 0 Å². The molecule has 0 saturated heterocycles. The van der Waals surface area contributed by atoms with Gasteiger partial charge in [-0.15, -0.1) is 0 Å². The number of nitrogens with zero attached hydrogens (tertiary/aromatic N) is 2. The van der Waals surface area contributed by atoms with Crippen molar-refractivity contribution in [2.24, 2.45) is 5.84 Å². The number of nitrogens with one attached hydrogen (secondary N) is 2. The summed E-state index contributed by atoms with van der Waals surface area (Å²) in [5, 5.41) is 3.22. The van der Waals surface area contributed by atoms with Crippen molar-refractivity contribution in [3.05, 3.63) is 12.3 Å². The minimum atomic E-state index is -0.186. The zero-order valence-corrected chi connectivity index (χ0v) is 9.24. The molecule has 0 unspecified atom stereocenters. The second-order valence-corrected chi connectivity index (χ2v) is 3.85. The number of nitrogens with two attached hydrogens (primary N) is 1. The molecule has 0 radical (unpaired) electrons. The SMILES string of the molecule is COCC(C)(C)Nc1ccnc(NN)n1. The van der Waals surface area contributed by atoms with E-state index in [0.717, 1.165) is 0 Å². The molecule has 84 valence electrons. The third kappa shape index (κ3) is 3.69. The average molecular weight is 211 g/mol. The van der Waals surface area contributed by atoms with Gasteiger partial charge in [0.1, 0.15) is 5.82 Å². The van der Waals surface area contributed by atoms with E-state index in [1.165, 1.54) is 0 Å². The molecule has 1 aromatic rings. The van der Waals surface area contributed by atoms with E-state index in [2.05, 4.69) is 20.7 Å². The van der Waals surface area contributed by atoms with Gasteiger partial charge >= 0.3 is 0 Å². The summed E-state index contributed by atoms with van der Waals surface area (Å²) in [6.07, 6.45) is 1.63. The maximum atomic E-state index is 5.21. The summed E-state index contributed by atoms with van der Waals surface area (Å²) in [4.78, 5) is 8.06. The Balaban J connectivity index is 2.71. The minimum Gasteiger partial charge on any atom is -0.382 e. The first kappa shape index (κ1) is 11.7. The largest absolute Gasteiger partial charge is 0.382 e. The van der Waals surface area contributed by atoms with Crippen LogP contribution >= 0.6 is 0 Å². The molecule has 1 rings (SSSR count). The van der Waals surface area contributed by atoms with Crippen LogP contribution in [0.1, 0.15) is 13.8 Å². The second kappa shape index (κ2) is 4.90. The summed E-state index contributed by atoms with van der Waals surface area (Å²) in [5.41, 5.74) is 2.21. The standard InChI is InChI=1S/C9H17N5O/c1-9(2,6-15-3)13-7-4-5-11-8(12-7)14-10/h4-5H,6,10H2,1-3H3,(H2,11,12,13,14). The fourth-order valence-electron chi connectivity index (χ4n) is 1.24. The second-order valence-electron chi connectivity index (χ2n) is 3.85. The summed E-state index contributed by atoms with van der Waals surface area (Å²) in [5.74, 6) is 6.30. The number of rotatable bonds is 5. The Labute approximate surface area is 89.2 Å². The van der Waals surface area contributed by atoms with Crippen molar-refractivity contribution in [2.75, 3.05) is 24.5 Å². The summed E-state index contributed by atoms with van der Waals surface area (Å²) in [7, 11) is 1.66. The number of ether oxygens (including phenoxy) is 1. The van der Waals surface area contributed by atoms with Gasteiger partial charge in [0.25, 0.3) is 0 Å². The van der Waals surface area contributed by atoms with E-state index in [-0.39, 0.29) is 5.54 Å². The Morgan fingerprint density at radius 2 is 2.27 bits per heavy atom. The third-order valence-electron chi connectivity index (χ3n) is 1.76. The molecule has 0 saturated carbocycles. The Morgan fingerprint density at radius 1 is 1.53 bits per heavy atom. The van der Waals surface area contributed by atoms with E-state index in [1.807, 2.05) is 13.8 Å². The van der Waals surface area contributed by atoms with E-state index in [4.69, 9.17) is 10.6 Å². The zero-order valence-electron chi connectivity index (χ0n) is 9.24. The lowest BCUT2D eigenvalue weighted by molar-refractivity contribution is 0.158. The minimum absolute atomic E-state index is 0.186. The van der Waals surface area contributed by atoms with Crippen LogP contribution in [-0.2, 0) is 4.74 Å². The lowest BCUT2D eigenvalue weighted by Crippen LogP contribution is -2.36. The van der Waals surface area contributed by atoms with Crippen molar-refractivity contribution in [2.45, 2.75) is 19.4 Å². The van der Waals surface area contributed by atoms with Crippen LogP contribution in [0.25, 0.3) is 0 Å². The maximum absolute atomic E-state index is 5.21. The monoisotopic (exact) mass is 211 g/mol. The molecule has 0 atom stereocenters. The highest BCUT2D eigenvalue weighted by Crippen LogP contribution is 2.13. The average Bonchev–Trinajstić information content (AvgIpc) is 2.17. The van der Waals surface area contributed by atoms with Gasteiger partial charge in [-0.3, -0.25) is 5.43 Å². The first-order chi connectivity index (χ1) is 7.07. The number of hydrazine groups is 1. The molecule has 0 aliphatic carbocycles. The topological polar surface area (TPSA) is 85.1 Å². The maximum Gasteiger partial charge on any atom is 0.239 e. The van der Waals surface area contributed by atoms with Crippen LogP contribution in [0.4, 0.5) is 11.8 Å². The van der Waals surface area contributed by atoms with Gasteiger partial charge < -0.3 is 10.1 Å². The first-order valence-electron chi connectivity index (χ1n) is 4.64. The molecule has 15 heavy (non-hydrogen) atoms. The summed E-state index contributed by atoms with van der Waals surface area (Å²) < 4.78 is 5.09. The molecule has 0 bridgehead atoms. The van der Waals surface area contributed by atoms with Crippen molar-refractivity contribution >= 4 is 11.8 Å². The molecule has 6 nitrogen and oxygen atoms in total. The molecule has 0 aliphatic heterocycles. The molecule has 0 fully saturated rings. The van der Waals surface area contributed by atoms with E-state index in [9.17, 15) is 0 Å². The molecular weight excluding hydrogens is 194 g/mol. The molecule has 0 aromatic carbocycles. The van der Waals surface area contributed by atoms with E-state index < -0.39 is 0 Å². The Kier molecular flexibility index (Phi) is 3.81. The fourth-order valence-corrected chi connectivity index (χ4v) is 1.24. The molecule has 1 heterocycles. The van der Waals surface area contributed by atoms with E-state index in [1.54, 1.807) is 19.4 Å². The molecule has 0 amide bonds. The smallest absolute Gasteiger partial charge is 0.239 e. The van der Waals surface area contributed by atoms with Crippen molar-refractivity contribution in [3.8, 4) is 0 Å². The number of nitrogen functional groups attached to an aromatic ring is 1. The van der Waals surface area contributed by atoms with Crippen molar-refractivity contribution in [1.82, 2.24) is 9.97 Å². The number of hydrogen-bond acceptors (Lipinski definition) is 6. The van der Waals surface area contributed by atoms with Gasteiger partial charge in [-0.25, -0.2) is 10.8 Å². The fraction of sp³-hybridized carbons (Fsp3) is 0.556. The summed E-state index contributed by atoms with van der Waals surface area (Å²) >= 11 is 0. The summed E-state index contributed by atoms with van der Waals surface area (Å²) in [6.45, 7) is 4.63. The van der Waals surface area contributed by atoms with Crippen molar-refractivity contribution < 1.29 is 4.74 Å². The van der Waals surface area contributed by atoms with E-state index in [0.29, 0.717) is 18.4 Å². The number of hydrogen-bond donors (Lipinski definition) is 3. The molecule has 0 spiro atoms. The highest BCUT2D eigenvalue weighted by molar-refractivity contribution is 5.40. The molecule has 6 heteroatoms. The highest BCUT2D eigenvalue weighted by Gasteiger charge is 2.17. The van der Waals surface area contributed by atoms with Crippen LogP contribution in [0.2, 0.25) is 0 Å². The predicted molar refractivity (Wildman–Crippen MR) is 59.4 cm³/mol. The van der Waals surface area contributed by atoms with Crippen LogP contribution in [0, 0.1) is 0 Å². The molecule has 1 aromatic heterocycles. The van der Waals surface area contributed by atoms with Gasteiger partial charge in [0.05, 0.1) is 12.1 Å². The Hall–Kier alpha value is -1.40. The number of methoxy groups -OCH3 is 1. The van der Waals surface area contributed by atoms with Gasteiger partial charge in [-0.1, -0.05) is 0 Å². The third-order valence-corrected chi connectivity index (χ3v) is 1.76. The summed E-state index contributed by atoms with van der Waals surface area (Å²) in [6, 6.07) is 1.78. The van der Waals surface area contributed by atoms with Gasteiger partial charge in [0.15, 0.2) is 0 Å². The van der Waals surface area contributed by atoms with Gasteiger partial charge in [-0.2, -0.15) is 4.98 Å². The quantitative estimate of drug-likeness (QED) is 0.488. The van der Waals surface area contributed by atoms with Gasteiger partial charge in [0.2, 0.25) is 5.95 Å². The Bertz CT molecular complexity index is 315. The van der Waals surface area contributed by atoms with E-state index >= 15 is 0 Å². The number of aromatic nitrogens is 2. The molecule has 0 aliphatic rings. The first-order valence-corrected chi connectivity index (χ1v) is 4.64. The molecular formula is C9H17N5O. The van der Waals surface area contributed by atoms with Crippen LogP contribution in [-0.4, -0.2) is 29.2 Å².